The number of aryl methyl sites for hydroxylation is 5. The molecule has 0 unspecified atom stereocenters. The maximum atomic E-state index is 2.37. The summed E-state index contributed by atoms with van der Waals surface area (Å²) in [4.78, 5) is 0. The van der Waals surface area contributed by atoms with Gasteiger partial charge in [-0.05, 0) is 29.5 Å². The van der Waals surface area contributed by atoms with E-state index < -0.39 is 0 Å². The van der Waals surface area contributed by atoms with E-state index in [2.05, 4.69) is 98.6 Å². The molecule has 0 N–H and O–H groups in total. The molecular formula is C24H30N2+2. The Morgan fingerprint density at radius 1 is 0.654 bits per heavy atom. The lowest BCUT2D eigenvalue weighted by Crippen LogP contribution is -2.37. The number of aromatic nitrogens is 2. The summed E-state index contributed by atoms with van der Waals surface area (Å²) in [5, 5.41) is 0. The minimum atomic E-state index is 1.10. The van der Waals surface area contributed by atoms with Gasteiger partial charge in [0.05, 0.1) is 0 Å². The quantitative estimate of drug-likeness (QED) is 0.615. The molecule has 0 amide bonds. The predicted molar refractivity (Wildman–Crippen MR) is 107 cm³/mol. The van der Waals surface area contributed by atoms with E-state index >= 15 is 0 Å². The van der Waals surface area contributed by atoms with Gasteiger partial charge < -0.3 is 0 Å². The average Bonchev–Trinajstić information content (AvgIpc) is 2.63. The molecule has 0 spiro atoms. The van der Waals surface area contributed by atoms with Crippen LogP contribution in [0.4, 0.5) is 0 Å². The fourth-order valence-corrected chi connectivity index (χ4v) is 3.52. The van der Waals surface area contributed by atoms with Crippen LogP contribution >= 0.6 is 0 Å². The zero-order valence-corrected chi connectivity index (χ0v) is 16.7. The molecule has 0 saturated carbocycles. The predicted octanol–water partition coefficient (Wildman–Crippen LogP) is 4.10. The number of hydrogen-bond donors (Lipinski definition) is 0. The van der Waals surface area contributed by atoms with E-state index in [4.69, 9.17) is 0 Å². The third kappa shape index (κ3) is 4.01. The molecule has 26 heavy (non-hydrogen) atoms. The Morgan fingerprint density at radius 2 is 1.19 bits per heavy atom. The lowest BCUT2D eigenvalue weighted by Gasteiger charge is -2.09. The monoisotopic (exact) mass is 346 g/mol. The van der Waals surface area contributed by atoms with Gasteiger partial charge in [-0.25, -0.2) is 9.13 Å². The Kier molecular flexibility index (Phi) is 5.51. The second-order valence-corrected chi connectivity index (χ2v) is 7.36. The third-order valence-corrected chi connectivity index (χ3v) is 5.51. The summed E-state index contributed by atoms with van der Waals surface area (Å²) >= 11 is 0. The van der Waals surface area contributed by atoms with Crippen molar-refractivity contribution >= 4 is 0 Å². The summed E-state index contributed by atoms with van der Waals surface area (Å²) in [5.41, 5.74) is 9.34. The van der Waals surface area contributed by atoms with Crippen molar-refractivity contribution in [1.29, 1.82) is 0 Å². The number of pyridine rings is 2. The number of rotatable bonds is 5. The van der Waals surface area contributed by atoms with Crippen molar-refractivity contribution in [3.63, 3.8) is 0 Å². The highest BCUT2D eigenvalue weighted by Crippen LogP contribution is 2.22. The standard InChI is InChI=1S/C24H30N2/c1-18-14-22(15-19(2)25(18)4)23-16-20(3)26(5)24(17-23)13-9-12-21-10-7-6-8-11-21/h6-8,10-11,14-17H,9,12-13H2,1-5H3/q+2. The van der Waals surface area contributed by atoms with E-state index in [1.54, 1.807) is 0 Å². The van der Waals surface area contributed by atoms with Gasteiger partial charge in [-0.2, -0.15) is 0 Å². The summed E-state index contributed by atoms with van der Waals surface area (Å²) in [7, 11) is 4.30. The van der Waals surface area contributed by atoms with Gasteiger partial charge in [0.2, 0.25) is 0 Å². The van der Waals surface area contributed by atoms with Gasteiger partial charge in [0.1, 0.15) is 14.1 Å². The van der Waals surface area contributed by atoms with Crippen LogP contribution in [0.15, 0.2) is 54.6 Å². The van der Waals surface area contributed by atoms with E-state index in [9.17, 15) is 0 Å². The van der Waals surface area contributed by atoms with Crippen LogP contribution in [0.1, 0.15) is 34.8 Å². The summed E-state index contributed by atoms with van der Waals surface area (Å²) in [6.07, 6.45) is 3.39. The Hall–Kier alpha value is -2.48. The zero-order chi connectivity index (χ0) is 18.7. The van der Waals surface area contributed by atoms with Crippen LogP contribution in [0, 0.1) is 20.8 Å². The summed E-state index contributed by atoms with van der Waals surface area (Å²) in [6.45, 7) is 6.55. The van der Waals surface area contributed by atoms with E-state index in [1.165, 1.54) is 45.9 Å². The van der Waals surface area contributed by atoms with Crippen molar-refractivity contribution in [3.8, 4) is 11.1 Å². The normalized spacial score (nSPS) is 11.0. The van der Waals surface area contributed by atoms with Crippen LogP contribution in [-0.2, 0) is 26.9 Å². The first-order chi connectivity index (χ1) is 12.5. The van der Waals surface area contributed by atoms with Gasteiger partial charge in [-0.15, -0.1) is 0 Å². The van der Waals surface area contributed by atoms with Crippen molar-refractivity contribution in [3.05, 3.63) is 82.9 Å². The maximum Gasteiger partial charge on any atom is 0.181 e. The molecule has 0 saturated heterocycles. The minimum absolute atomic E-state index is 1.10. The van der Waals surface area contributed by atoms with Crippen LogP contribution in [0.5, 0.6) is 0 Å². The van der Waals surface area contributed by atoms with Crippen LogP contribution in [0.2, 0.25) is 0 Å². The lowest BCUT2D eigenvalue weighted by molar-refractivity contribution is -0.685. The topological polar surface area (TPSA) is 7.76 Å². The molecule has 0 radical (unpaired) electrons. The Labute approximate surface area is 157 Å². The highest BCUT2D eigenvalue weighted by atomic mass is 14.9. The number of hydrogen-bond acceptors (Lipinski definition) is 0. The van der Waals surface area contributed by atoms with Crippen LogP contribution in [0.25, 0.3) is 11.1 Å². The molecule has 0 aliphatic heterocycles. The van der Waals surface area contributed by atoms with Gasteiger partial charge in [-0.1, -0.05) is 30.3 Å². The second kappa shape index (κ2) is 7.82. The molecule has 0 atom stereocenters. The fraction of sp³-hybridized carbons (Fsp3) is 0.333. The summed E-state index contributed by atoms with van der Waals surface area (Å²) in [5.74, 6) is 0. The third-order valence-electron chi connectivity index (χ3n) is 5.51. The van der Waals surface area contributed by atoms with Gasteiger partial charge in [0, 0.05) is 51.5 Å². The van der Waals surface area contributed by atoms with Crippen molar-refractivity contribution in [1.82, 2.24) is 0 Å². The molecule has 0 aliphatic carbocycles. The second-order valence-electron chi connectivity index (χ2n) is 7.36. The molecule has 3 rings (SSSR count). The van der Waals surface area contributed by atoms with Gasteiger partial charge >= 0.3 is 0 Å². The minimum Gasteiger partial charge on any atom is -0.203 e. The SMILES string of the molecule is Cc1cc(-c2cc(C)[n+](C)c(CCCc3ccccc3)c2)cc(C)[n+]1C. The average molecular weight is 347 g/mol. The summed E-state index contributed by atoms with van der Waals surface area (Å²) in [6, 6.07) is 20.0. The highest BCUT2D eigenvalue weighted by Gasteiger charge is 2.16. The van der Waals surface area contributed by atoms with Crippen LogP contribution in [0.3, 0.4) is 0 Å². The fourth-order valence-electron chi connectivity index (χ4n) is 3.52. The number of nitrogens with zero attached hydrogens (tertiary/aromatic N) is 2. The molecule has 2 aromatic heterocycles. The molecule has 2 heterocycles. The molecule has 1 aromatic carbocycles. The first-order valence-electron chi connectivity index (χ1n) is 9.47. The molecule has 0 fully saturated rings. The van der Waals surface area contributed by atoms with E-state index in [0.29, 0.717) is 0 Å². The van der Waals surface area contributed by atoms with Crippen molar-refractivity contribution in [2.75, 3.05) is 0 Å². The van der Waals surface area contributed by atoms with Crippen molar-refractivity contribution in [2.24, 2.45) is 14.1 Å². The van der Waals surface area contributed by atoms with Gasteiger partial charge in [-0.3, -0.25) is 0 Å². The Bertz CT molecular complexity index is 888. The number of benzene rings is 1. The Morgan fingerprint density at radius 3 is 1.81 bits per heavy atom. The van der Waals surface area contributed by atoms with E-state index in [-0.39, 0.29) is 0 Å². The van der Waals surface area contributed by atoms with Crippen molar-refractivity contribution in [2.45, 2.75) is 40.0 Å². The van der Waals surface area contributed by atoms with Gasteiger partial charge in [0.25, 0.3) is 0 Å². The molecule has 134 valence electrons. The van der Waals surface area contributed by atoms with E-state index in [0.717, 1.165) is 12.8 Å². The first kappa shape index (κ1) is 18.3. The van der Waals surface area contributed by atoms with Crippen molar-refractivity contribution < 1.29 is 9.13 Å². The largest absolute Gasteiger partial charge is 0.203 e. The molecule has 0 aliphatic rings. The molecule has 2 heteroatoms. The van der Waals surface area contributed by atoms with Gasteiger partial charge in [0.15, 0.2) is 22.8 Å². The molecule has 0 bridgehead atoms. The first-order valence-corrected chi connectivity index (χ1v) is 9.47. The smallest absolute Gasteiger partial charge is 0.181 e. The zero-order valence-electron chi connectivity index (χ0n) is 16.7. The van der Waals surface area contributed by atoms with Crippen LogP contribution in [-0.4, -0.2) is 0 Å². The molecular weight excluding hydrogens is 316 g/mol. The lowest BCUT2D eigenvalue weighted by atomic mass is 10.0. The van der Waals surface area contributed by atoms with Crippen LogP contribution < -0.4 is 9.13 Å². The molecule has 3 aromatic rings. The van der Waals surface area contributed by atoms with E-state index in [1.807, 2.05) is 0 Å². The Balaban J connectivity index is 1.85. The molecule has 2 nitrogen and oxygen atoms in total. The maximum absolute atomic E-state index is 2.37. The summed E-state index contributed by atoms with van der Waals surface area (Å²) < 4.78 is 4.57. The highest BCUT2D eigenvalue weighted by molar-refractivity contribution is 5.63.